The summed E-state index contributed by atoms with van der Waals surface area (Å²) in [5, 5.41) is 7.29. The van der Waals surface area contributed by atoms with Crippen LogP contribution < -0.4 is 5.32 Å². The molecule has 1 heterocycles. The number of aryl methyl sites for hydroxylation is 1. The van der Waals surface area contributed by atoms with Gasteiger partial charge in [-0.1, -0.05) is 13.8 Å². The van der Waals surface area contributed by atoms with Crippen LogP contribution in [0.3, 0.4) is 0 Å². The molecule has 0 aliphatic rings. The van der Waals surface area contributed by atoms with E-state index in [-0.39, 0.29) is 0 Å². The number of anilines is 1. The van der Waals surface area contributed by atoms with Crippen LogP contribution in [0.2, 0.25) is 0 Å². The van der Waals surface area contributed by atoms with Gasteiger partial charge in [0, 0.05) is 26.1 Å². The van der Waals surface area contributed by atoms with Gasteiger partial charge in [0.05, 0.1) is 6.20 Å². The Morgan fingerprint density at radius 3 is 2.69 bits per heavy atom. The Balaban J connectivity index is 2.74. The molecule has 0 atom stereocenters. The molecule has 4 heteroatoms. The highest BCUT2D eigenvalue weighted by Gasteiger charge is 2.05. The second-order valence-corrected chi connectivity index (χ2v) is 3.23. The van der Waals surface area contributed by atoms with Crippen LogP contribution in [-0.4, -0.2) is 22.7 Å². The summed E-state index contributed by atoms with van der Waals surface area (Å²) in [5.41, 5.74) is 0. The molecular weight excluding hydrogens is 164 g/mol. The maximum Gasteiger partial charge on any atom is 0.129 e. The number of aliphatic imine (C=N–C) groups is 1. The van der Waals surface area contributed by atoms with E-state index in [2.05, 4.69) is 29.3 Å². The SMILES string of the molecule is CN=C(Nc1ccnn1C)C(C)C. The highest BCUT2D eigenvalue weighted by molar-refractivity contribution is 5.95. The molecule has 0 saturated carbocycles. The molecular formula is C9H16N4. The fourth-order valence-corrected chi connectivity index (χ4v) is 1.09. The van der Waals surface area contributed by atoms with Crippen LogP contribution in [0, 0.1) is 5.92 Å². The summed E-state index contributed by atoms with van der Waals surface area (Å²) in [7, 11) is 3.69. The smallest absolute Gasteiger partial charge is 0.129 e. The number of nitrogens with one attached hydrogen (secondary N) is 1. The first-order valence-corrected chi connectivity index (χ1v) is 4.37. The number of nitrogens with zero attached hydrogens (tertiary/aromatic N) is 3. The lowest BCUT2D eigenvalue weighted by atomic mass is 10.2. The van der Waals surface area contributed by atoms with Crippen molar-refractivity contribution in [2.75, 3.05) is 12.4 Å². The molecule has 0 unspecified atom stereocenters. The number of hydrogen-bond donors (Lipinski definition) is 1. The molecule has 0 bridgehead atoms. The van der Waals surface area contributed by atoms with E-state index in [9.17, 15) is 0 Å². The summed E-state index contributed by atoms with van der Waals surface area (Å²) in [5.74, 6) is 2.35. The van der Waals surface area contributed by atoms with Crippen molar-refractivity contribution < 1.29 is 0 Å². The lowest BCUT2D eigenvalue weighted by Crippen LogP contribution is -2.20. The predicted octanol–water partition coefficient (Wildman–Crippen LogP) is 1.52. The topological polar surface area (TPSA) is 42.2 Å². The van der Waals surface area contributed by atoms with Crippen LogP contribution in [0.15, 0.2) is 17.3 Å². The van der Waals surface area contributed by atoms with Crippen molar-refractivity contribution in [3.05, 3.63) is 12.3 Å². The monoisotopic (exact) mass is 180 g/mol. The quantitative estimate of drug-likeness (QED) is 0.554. The van der Waals surface area contributed by atoms with E-state index in [4.69, 9.17) is 0 Å². The fraction of sp³-hybridized carbons (Fsp3) is 0.556. The fourth-order valence-electron chi connectivity index (χ4n) is 1.09. The average Bonchev–Trinajstić information content (AvgIpc) is 2.46. The van der Waals surface area contributed by atoms with E-state index < -0.39 is 0 Å². The van der Waals surface area contributed by atoms with E-state index in [1.807, 2.05) is 13.1 Å². The summed E-state index contributed by atoms with van der Waals surface area (Å²) < 4.78 is 1.79. The molecule has 1 aromatic rings. The van der Waals surface area contributed by atoms with Gasteiger partial charge in [-0.15, -0.1) is 0 Å². The van der Waals surface area contributed by atoms with E-state index >= 15 is 0 Å². The number of rotatable bonds is 2. The molecule has 0 fully saturated rings. The second kappa shape index (κ2) is 4.07. The maximum absolute atomic E-state index is 4.17. The summed E-state index contributed by atoms with van der Waals surface area (Å²) in [6.45, 7) is 4.21. The molecule has 1 rings (SSSR count). The molecule has 0 saturated heterocycles. The Labute approximate surface area is 78.7 Å². The van der Waals surface area contributed by atoms with Gasteiger partial charge in [0.2, 0.25) is 0 Å². The van der Waals surface area contributed by atoms with Gasteiger partial charge in [-0.2, -0.15) is 5.10 Å². The van der Waals surface area contributed by atoms with E-state index in [1.54, 1.807) is 17.9 Å². The molecule has 1 N–H and O–H groups in total. The molecule has 0 spiro atoms. The van der Waals surface area contributed by atoms with Crippen molar-refractivity contribution in [2.45, 2.75) is 13.8 Å². The van der Waals surface area contributed by atoms with Crippen molar-refractivity contribution in [1.29, 1.82) is 0 Å². The minimum Gasteiger partial charge on any atom is -0.329 e. The third-order valence-corrected chi connectivity index (χ3v) is 1.86. The van der Waals surface area contributed by atoms with E-state index in [0.717, 1.165) is 11.7 Å². The van der Waals surface area contributed by atoms with E-state index in [1.165, 1.54) is 0 Å². The van der Waals surface area contributed by atoms with Gasteiger partial charge in [-0.25, -0.2) is 0 Å². The lowest BCUT2D eigenvalue weighted by molar-refractivity contribution is 0.774. The Bertz CT molecular complexity index is 298. The van der Waals surface area contributed by atoms with Gasteiger partial charge < -0.3 is 5.32 Å². The van der Waals surface area contributed by atoms with Gasteiger partial charge in [0.25, 0.3) is 0 Å². The third kappa shape index (κ3) is 2.31. The van der Waals surface area contributed by atoms with Gasteiger partial charge in [-0.3, -0.25) is 9.67 Å². The molecule has 13 heavy (non-hydrogen) atoms. The molecule has 4 nitrogen and oxygen atoms in total. The highest BCUT2D eigenvalue weighted by Crippen LogP contribution is 2.06. The van der Waals surface area contributed by atoms with Crippen LogP contribution in [0.5, 0.6) is 0 Å². The van der Waals surface area contributed by atoms with Gasteiger partial charge in [0.1, 0.15) is 11.7 Å². The molecule has 0 aliphatic carbocycles. The Hall–Kier alpha value is -1.32. The largest absolute Gasteiger partial charge is 0.329 e. The van der Waals surface area contributed by atoms with Crippen molar-refractivity contribution in [2.24, 2.45) is 18.0 Å². The molecule has 72 valence electrons. The molecule has 0 aromatic carbocycles. The second-order valence-electron chi connectivity index (χ2n) is 3.23. The Kier molecular flexibility index (Phi) is 3.06. The summed E-state index contributed by atoms with van der Waals surface area (Å²) >= 11 is 0. The minimum absolute atomic E-state index is 0.403. The van der Waals surface area contributed by atoms with Crippen LogP contribution >= 0.6 is 0 Å². The Morgan fingerprint density at radius 1 is 1.62 bits per heavy atom. The first-order valence-electron chi connectivity index (χ1n) is 4.37. The third-order valence-electron chi connectivity index (χ3n) is 1.86. The van der Waals surface area contributed by atoms with Crippen molar-refractivity contribution in [1.82, 2.24) is 9.78 Å². The first-order chi connectivity index (χ1) is 6.15. The van der Waals surface area contributed by atoms with Crippen LogP contribution in [0.25, 0.3) is 0 Å². The zero-order valence-corrected chi connectivity index (χ0v) is 8.57. The summed E-state index contributed by atoms with van der Waals surface area (Å²) in [4.78, 5) is 4.17. The van der Waals surface area contributed by atoms with Crippen LogP contribution in [0.4, 0.5) is 5.82 Å². The van der Waals surface area contributed by atoms with Gasteiger partial charge in [-0.05, 0) is 0 Å². The van der Waals surface area contributed by atoms with Crippen molar-refractivity contribution >= 4 is 11.7 Å². The highest BCUT2D eigenvalue weighted by atomic mass is 15.3. The number of hydrogen-bond acceptors (Lipinski definition) is 2. The zero-order chi connectivity index (χ0) is 9.84. The lowest BCUT2D eigenvalue weighted by Gasteiger charge is -2.11. The predicted molar refractivity (Wildman–Crippen MR) is 55.0 cm³/mol. The summed E-state index contributed by atoms with van der Waals surface area (Å²) in [6, 6.07) is 1.92. The average molecular weight is 180 g/mol. The number of amidine groups is 1. The summed E-state index contributed by atoms with van der Waals surface area (Å²) in [6.07, 6.45) is 1.76. The molecule has 0 aliphatic heterocycles. The first kappa shape index (κ1) is 9.77. The maximum atomic E-state index is 4.17. The number of aromatic nitrogens is 2. The van der Waals surface area contributed by atoms with Gasteiger partial charge in [0.15, 0.2) is 0 Å². The Morgan fingerprint density at radius 2 is 2.31 bits per heavy atom. The van der Waals surface area contributed by atoms with Gasteiger partial charge >= 0.3 is 0 Å². The normalized spacial score (nSPS) is 12.2. The van der Waals surface area contributed by atoms with E-state index in [0.29, 0.717) is 5.92 Å². The minimum atomic E-state index is 0.403. The van der Waals surface area contributed by atoms with Crippen LogP contribution in [0.1, 0.15) is 13.8 Å². The zero-order valence-electron chi connectivity index (χ0n) is 8.57. The molecule has 1 aromatic heterocycles. The standard InChI is InChI=1S/C9H16N4/c1-7(2)9(10-3)12-8-5-6-11-13(8)4/h5-7H,1-4H3,(H,10,12). The van der Waals surface area contributed by atoms with Crippen LogP contribution in [-0.2, 0) is 7.05 Å². The van der Waals surface area contributed by atoms with Crippen molar-refractivity contribution in [3.8, 4) is 0 Å². The molecule has 0 radical (unpaired) electrons. The molecule has 0 amide bonds. The van der Waals surface area contributed by atoms with Crippen molar-refractivity contribution in [3.63, 3.8) is 0 Å².